The molecule has 0 bridgehead atoms. The quantitative estimate of drug-likeness (QED) is 0.539. The van der Waals surface area contributed by atoms with Crippen molar-refractivity contribution in [3.8, 4) is 0 Å². The number of unbranched alkanes of at least 4 members (excludes halogenated alkanes) is 2. The highest BCUT2D eigenvalue weighted by Gasteiger charge is 2.01. The highest BCUT2D eigenvalue weighted by atomic mass is 32.2. The third-order valence-electron chi connectivity index (χ3n) is 1.01. The second-order valence-corrected chi connectivity index (χ2v) is 4.08. The van der Waals surface area contributed by atoms with Gasteiger partial charge in [-0.1, -0.05) is 19.8 Å². The summed E-state index contributed by atoms with van der Waals surface area (Å²) in [5.74, 6) is -0.930. The lowest BCUT2D eigenvalue weighted by Crippen LogP contribution is -2.02. The van der Waals surface area contributed by atoms with Crippen molar-refractivity contribution in [2.75, 3.05) is 5.75 Å². The standard InChI is InChI=1S/C5H12O3S.C2H4O2/c1-2-3-4-5-9(6,7)8;1-2(3)4/h2-5H2,1H3,(H,6,7,8);1H3,(H,3,4). The number of hydrogen-bond acceptors (Lipinski definition) is 3. The van der Waals surface area contributed by atoms with Crippen LogP contribution < -0.4 is 0 Å². The maximum Gasteiger partial charge on any atom is 0.300 e. The van der Waals surface area contributed by atoms with Gasteiger partial charge in [-0.2, -0.15) is 8.42 Å². The van der Waals surface area contributed by atoms with E-state index in [1.165, 1.54) is 0 Å². The van der Waals surface area contributed by atoms with Gasteiger partial charge in [0.25, 0.3) is 16.1 Å². The highest BCUT2D eigenvalue weighted by Crippen LogP contribution is 1.96. The van der Waals surface area contributed by atoms with Gasteiger partial charge in [-0.25, -0.2) is 0 Å². The first-order valence-electron chi connectivity index (χ1n) is 3.94. The number of aliphatic carboxylic acids is 1. The van der Waals surface area contributed by atoms with Crippen LogP contribution in [0.25, 0.3) is 0 Å². The number of carboxylic acid groups (broad SMARTS) is 1. The van der Waals surface area contributed by atoms with Crippen LogP contribution in [0.5, 0.6) is 0 Å². The fraction of sp³-hybridized carbons (Fsp3) is 0.857. The van der Waals surface area contributed by atoms with E-state index >= 15 is 0 Å². The zero-order valence-corrected chi connectivity index (χ0v) is 8.67. The van der Waals surface area contributed by atoms with Crippen molar-refractivity contribution >= 4 is 16.1 Å². The largest absolute Gasteiger partial charge is 0.481 e. The first kappa shape index (κ1) is 14.9. The van der Waals surface area contributed by atoms with Gasteiger partial charge < -0.3 is 5.11 Å². The molecule has 0 aromatic heterocycles. The van der Waals surface area contributed by atoms with Crippen molar-refractivity contribution in [3.05, 3.63) is 0 Å². The summed E-state index contributed by atoms with van der Waals surface area (Å²) < 4.78 is 28.3. The maximum absolute atomic E-state index is 10.1. The van der Waals surface area contributed by atoms with Crippen LogP contribution in [-0.2, 0) is 14.9 Å². The number of carboxylic acids is 1. The fourth-order valence-electron chi connectivity index (χ4n) is 0.534. The van der Waals surface area contributed by atoms with Crippen molar-refractivity contribution in [3.63, 3.8) is 0 Å². The molecule has 0 aromatic rings. The lowest BCUT2D eigenvalue weighted by atomic mass is 10.3. The van der Waals surface area contributed by atoms with Gasteiger partial charge >= 0.3 is 0 Å². The Bertz CT molecular complexity index is 215. The Morgan fingerprint density at radius 3 is 1.92 bits per heavy atom. The average molecular weight is 212 g/mol. The zero-order valence-electron chi connectivity index (χ0n) is 7.86. The van der Waals surface area contributed by atoms with Crippen LogP contribution >= 0.6 is 0 Å². The van der Waals surface area contributed by atoms with E-state index in [4.69, 9.17) is 14.5 Å². The van der Waals surface area contributed by atoms with Gasteiger partial charge in [-0.15, -0.1) is 0 Å². The molecule has 6 heteroatoms. The second-order valence-electron chi connectivity index (χ2n) is 2.51. The normalized spacial score (nSPS) is 10.1. The lowest BCUT2D eigenvalue weighted by Gasteiger charge is -1.92. The molecule has 0 aromatic carbocycles. The third kappa shape index (κ3) is 34.6. The van der Waals surface area contributed by atoms with Crippen LogP contribution in [-0.4, -0.2) is 29.8 Å². The molecule has 0 radical (unpaired) electrons. The Kier molecular flexibility index (Phi) is 9.16. The van der Waals surface area contributed by atoms with E-state index in [-0.39, 0.29) is 5.75 Å². The molecule has 2 N–H and O–H groups in total. The van der Waals surface area contributed by atoms with Crippen LogP contribution in [0.3, 0.4) is 0 Å². The molecule has 0 spiro atoms. The summed E-state index contributed by atoms with van der Waals surface area (Å²) in [7, 11) is -3.70. The monoisotopic (exact) mass is 212 g/mol. The predicted octanol–water partition coefficient (Wildman–Crippen LogP) is 1.16. The van der Waals surface area contributed by atoms with E-state index in [0.717, 1.165) is 19.8 Å². The van der Waals surface area contributed by atoms with E-state index in [2.05, 4.69) is 0 Å². The van der Waals surface area contributed by atoms with E-state index < -0.39 is 16.1 Å². The minimum Gasteiger partial charge on any atom is -0.481 e. The van der Waals surface area contributed by atoms with Crippen molar-refractivity contribution in [1.82, 2.24) is 0 Å². The van der Waals surface area contributed by atoms with E-state index in [9.17, 15) is 8.42 Å². The Morgan fingerprint density at radius 1 is 1.31 bits per heavy atom. The fourth-order valence-corrected chi connectivity index (χ4v) is 1.10. The van der Waals surface area contributed by atoms with Gasteiger partial charge in [0.15, 0.2) is 0 Å². The van der Waals surface area contributed by atoms with Crippen molar-refractivity contribution < 1.29 is 22.9 Å². The number of hydrogen-bond donors (Lipinski definition) is 2. The second kappa shape index (κ2) is 8.00. The Balaban J connectivity index is 0. The van der Waals surface area contributed by atoms with E-state index in [1.807, 2.05) is 6.92 Å². The molecule has 0 fully saturated rings. The smallest absolute Gasteiger partial charge is 0.300 e. The zero-order chi connectivity index (χ0) is 10.9. The first-order valence-corrected chi connectivity index (χ1v) is 5.55. The SMILES string of the molecule is CC(=O)O.CCCCCS(=O)(=O)O. The Morgan fingerprint density at radius 2 is 1.69 bits per heavy atom. The van der Waals surface area contributed by atoms with Crippen LogP contribution in [0.15, 0.2) is 0 Å². The summed E-state index contributed by atoms with van der Waals surface area (Å²) in [4.78, 5) is 9.00. The molecule has 0 heterocycles. The van der Waals surface area contributed by atoms with E-state index in [0.29, 0.717) is 6.42 Å². The van der Waals surface area contributed by atoms with Gasteiger partial charge in [-0.05, 0) is 6.42 Å². The molecule has 0 aliphatic rings. The summed E-state index contributed by atoms with van der Waals surface area (Å²) in [6.45, 7) is 3.06. The molecule has 0 aliphatic heterocycles. The molecule has 0 amide bonds. The first-order chi connectivity index (χ1) is 5.79. The molecule has 80 valence electrons. The molecular weight excluding hydrogens is 196 g/mol. The van der Waals surface area contributed by atoms with Crippen LogP contribution in [0.1, 0.15) is 33.1 Å². The van der Waals surface area contributed by atoms with E-state index in [1.54, 1.807) is 0 Å². The lowest BCUT2D eigenvalue weighted by molar-refractivity contribution is -0.134. The summed E-state index contributed by atoms with van der Waals surface area (Å²) in [6, 6.07) is 0. The molecule has 0 rings (SSSR count). The number of rotatable bonds is 4. The van der Waals surface area contributed by atoms with Gasteiger partial charge in [-0.3, -0.25) is 9.35 Å². The molecule has 0 atom stereocenters. The number of carbonyl (C=O) groups is 1. The predicted molar refractivity (Wildman–Crippen MR) is 49.3 cm³/mol. The van der Waals surface area contributed by atoms with Crippen molar-refractivity contribution in [2.24, 2.45) is 0 Å². The van der Waals surface area contributed by atoms with Crippen LogP contribution in [0.2, 0.25) is 0 Å². The molecule has 13 heavy (non-hydrogen) atoms. The summed E-state index contributed by atoms with van der Waals surface area (Å²) in [5, 5.41) is 7.42. The maximum atomic E-state index is 10.1. The molecule has 0 aliphatic carbocycles. The topological polar surface area (TPSA) is 91.7 Å². The van der Waals surface area contributed by atoms with Gasteiger partial charge in [0.05, 0.1) is 5.75 Å². The molecule has 0 saturated heterocycles. The molecule has 0 unspecified atom stereocenters. The summed E-state index contributed by atoms with van der Waals surface area (Å²) in [5.41, 5.74) is 0. The van der Waals surface area contributed by atoms with Gasteiger partial charge in [0.2, 0.25) is 0 Å². The minimum atomic E-state index is -3.70. The van der Waals surface area contributed by atoms with Crippen LogP contribution in [0.4, 0.5) is 0 Å². The van der Waals surface area contributed by atoms with Gasteiger partial charge in [0, 0.05) is 6.92 Å². The third-order valence-corrected chi connectivity index (χ3v) is 1.81. The molecule has 5 nitrogen and oxygen atoms in total. The Labute approximate surface area is 78.5 Å². The summed E-state index contributed by atoms with van der Waals surface area (Å²) in [6.07, 6.45) is 2.39. The highest BCUT2D eigenvalue weighted by molar-refractivity contribution is 7.85. The molecular formula is C7H16O5S. The average Bonchev–Trinajstić information content (AvgIpc) is 1.83. The van der Waals surface area contributed by atoms with Gasteiger partial charge in [0.1, 0.15) is 0 Å². The Hall–Kier alpha value is -0.620. The van der Waals surface area contributed by atoms with Crippen molar-refractivity contribution in [1.29, 1.82) is 0 Å². The summed E-state index contributed by atoms with van der Waals surface area (Å²) >= 11 is 0. The minimum absolute atomic E-state index is 0.0964. The molecule has 0 saturated carbocycles. The van der Waals surface area contributed by atoms with Crippen LogP contribution in [0, 0.1) is 0 Å². The van der Waals surface area contributed by atoms with Crippen molar-refractivity contribution in [2.45, 2.75) is 33.1 Å².